The lowest BCUT2D eigenvalue weighted by molar-refractivity contribution is 0.0987. The maximum Gasteiger partial charge on any atom is 0.298 e. The number of carbonyl (C=O) groups excluding carboxylic acids is 1. The molecule has 2 aromatic heterocycles. The molecule has 0 aliphatic heterocycles. The van der Waals surface area contributed by atoms with Crippen LogP contribution in [0.5, 0.6) is 0 Å². The van der Waals surface area contributed by atoms with E-state index >= 15 is 0 Å². The molecule has 0 saturated carbocycles. The van der Waals surface area contributed by atoms with Crippen molar-refractivity contribution in [2.45, 2.75) is 13.5 Å². The molecule has 1 amide bonds. The zero-order chi connectivity index (χ0) is 18.1. The van der Waals surface area contributed by atoms with Crippen LogP contribution in [0.1, 0.15) is 16.1 Å². The van der Waals surface area contributed by atoms with Gasteiger partial charge in [0.15, 0.2) is 10.6 Å². The molecule has 0 bridgehead atoms. The molecule has 9 heteroatoms. The minimum Gasteiger partial charge on any atom is -0.383 e. The number of aromatic nitrogens is 3. The number of methoxy groups -OCH3 is 1. The highest BCUT2D eigenvalue weighted by molar-refractivity contribution is 7.16. The third-order valence-corrected chi connectivity index (χ3v) is 4.76. The van der Waals surface area contributed by atoms with Crippen LogP contribution in [0.2, 0.25) is 0 Å². The Morgan fingerprint density at radius 2 is 2.16 bits per heavy atom. The predicted octanol–water partition coefficient (Wildman–Crippen LogP) is 2.41. The number of thiazole rings is 1. The van der Waals surface area contributed by atoms with E-state index in [1.54, 1.807) is 20.2 Å². The number of nitrogens with zero attached hydrogens (tertiary/aromatic N) is 4. The molecule has 3 rings (SSSR count). The first-order valence-corrected chi connectivity index (χ1v) is 8.29. The molecule has 0 radical (unpaired) electrons. The molecular weight excluding hydrogens is 350 g/mol. The molecule has 0 spiro atoms. The quantitative estimate of drug-likeness (QED) is 0.712. The molecular formula is C16H16F2N4O2S. The van der Waals surface area contributed by atoms with Crippen LogP contribution in [0.15, 0.2) is 23.3 Å². The van der Waals surface area contributed by atoms with Gasteiger partial charge in [-0.3, -0.25) is 9.48 Å². The van der Waals surface area contributed by atoms with E-state index in [4.69, 9.17) is 4.74 Å². The van der Waals surface area contributed by atoms with Crippen molar-refractivity contribution >= 4 is 27.5 Å². The predicted molar refractivity (Wildman–Crippen MR) is 89.4 cm³/mol. The Labute approximate surface area is 146 Å². The lowest BCUT2D eigenvalue weighted by Gasteiger charge is -2.05. The van der Waals surface area contributed by atoms with Crippen molar-refractivity contribution < 1.29 is 18.3 Å². The fraction of sp³-hybridized carbons (Fsp3) is 0.312. The summed E-state index contributed by atoms with van der Waals surface area (Å²) in [4.78, 5) is 16.9. The molecule has 0 aliphatic carbocycles. The molecule has 1 aromatic carbocycles. The molecule has 2 heterocycles. The maximum atomic E-state index is 14.3. The van der Waals surface area contributed by atoms with Crippen LogP contribution < -0.4 is 4.80 Å². The summed E-state index contributed by atoms with van der Waals surface area (Å²) in [5, 5.41) is 4.02. The number of hydrogen-bond acceptors (Lipinski definition) is 4. The second-order valence-electron chi connectivity index (χ2n) is 5.48. The number of benzene rings is 1. The van der Waals surface area contributed by atoms with E-state index in [2.05, 4.69) is 10.1 Å². The van der Waals surface area contributed by atoms with Crippen LogP contribution >= 0.6 is 11.3 Å². The third kappa shape index (κ3) is 3.24. The van der Waals surface area contributed by atoms with E-state index < -0.39 is 17.5 Å². The number of fused-ring (bicyclic) bond motifs is 1. The summed E-state index contributed by atoms with van der Waals surface area (Å²) in [5.74, 6) is -1.87. The lowest BCUT2D eigenvalue weighted by Crippen LogP contribution is -2.20. The summed E-state index contributed by atoms with van der Waals surface area (Å²) in [7, 11) is 3.17. The lowest BCUT2D eigenvalue weighted by atomic mass is 10.3. The topological polar surface area (TPSA) is 61.4 Å². The van der Waals surface area contributed by atoms with Crippen molar-refractivity contribution in [3.8, 4) is 0 Å². The molecule has 6 nitrogen and oxygen atoms in total. The Morgan fingerprint density at radius 3 is 2.80 bits per heavy atom. The Kier molecular flexibility index (Phi) is 4.78. The van der Waals surface area contributed by atoms with Crippen LogP contribution in [0.4, 0.5) is 8.78 Å². The molecule has 0 atom stereocenters. The third-order valence-electron chi connectivity index (χ3n) is 3.74. The van der Waals surface area contributed by atoms with E-state index in [9.17, 15) is 13.6 Å². The Bertz CT molecular complexity index is 1000. The molecule has 0 fully saturated rings. The minimum atomic E-state index is -0.701. The summed E-state index contributed by atoms with van der Waals surface area (Å²) < 4.78 is 36.1. The first kappa shape index (κ1) is 17.4. The summed E-state index contributed by atoms with van der Waals surface area (Å²) in [6.07, 6.45) is 1.57. The minimum absolute atomic E-state index is 0.205. The Morgan fingerprint density at radius 1 is 1.40 bits per heavy atom. The first-order valence-electron chi connectivity index (χ1n) is 7.47. The molecule has 0 unspecified atom stereocenters. The Balaban J connectivity index is 2.20. The number of hydrogen-bond donors (Lipinski definition) is 0. The van der Waals surface area contributed by atoms with Crippen LogP contribution in [-0.4, -0.2) is 34.0 Å². The molecule has 0 saturated heterocycles. The maximum absolute atomic E-state index is 14.3. The molecule has 0 aliphatic rings. The van der Waals surface area contributed by atoms with Crippen molar-refractivity contribution in [1.29, 1.82) is 0 Å². The van der Waals surface area contributed by atoms with Gasteiger partial charge in [-0.1, -0.05) is 11.3 Å². The average Bonchev–Trinajstić information content (AvgIpc) is 3.05. The summed E-state index contributed by atoms with van der Waals surface area (Å²) in [6.45, 7) is 2.35. The number of halogens is 2. The zero-order valence-electron chi connectivity index (χ0n) is 13.9. The zero-order valence-corrected chi connectivity index (χ0v) is 14.7. The van der Waals surface area contributed by atoms with Crippen molar-refractivity contribution in [1.82, 2.24) is 14.3 Å². The molecule has 3 aromatic rings. The van der Waals surface area contributed by atoms with Gasteiger partial charge in [-0.2, -0.15) is 10.1 Å². The summed E-state index contributed by atoms with van der Waals surface area (Å²) >= 11 is 1.05. The van der Waals surface area contributed by atoms with Gasteiger partial charge in [0.1, 0.15) is 11.5 Å². The highest BCUT2D eigenvalue weighted by Crippen LogP contribution is 2.22. The van der Waals surface area contributed by atoms with Gasteiger partial charge in [-0.25, -0.2) is 8.78 Å². The van der Waals surface area contributed by atoms with Gasteiger partial charge in [0.05, 0.1) is 23.0 Å². The van der Waals surface area contributed by atoms with Crippen LogP contribution in [0, 0.1) is 18.6 Å². The van der Waals surface area contributed by atoms with Gasteiger partial charge in [-0.05, 0) is 13.0 Å². The smallest absolute Gasteiger partial charge is 0.298 e. The Hall–Kier alpha value is -2.39. The van der Waals surface area contributed by atoms with Crippen molar-refractivity contribution in [2.24, 2.45) is 12.0 Å². The van der Waals surface area contributed by atoms with E-state index in [1.165, 1.54) is 22.4 Å². The molecule has 132 valence electrons. The highest BCUT2D eigenvalue weighted by Gasteiger charge is 2.17. The van der Waals surface area contributed by atoms with Gasteiger partial charge < -0.3 is 9.30 Å². The van der Waals surface area contributed by atoms with E-state index in [0.717, 1.165) is 17.4 Å². The number of amides is 1. The monoisotopic (exact) mass is 366 g/mol. The standard InChI is InChI=1S/C16H16F2N4O2S/c1-9-8-19-21(2)13(9)15(23)20-16-22(4-5-24-3)14-11(18)6-10(17)7-12(14)25-16/h6-8H,4-5H2,1-3H3. The van der Waals surface area contributed by atoms with Gasteiger partial charge in [0.2, 0.25) is 0 Å². The molecule has 0 N–H and O–H groups in total. The second kappa shape index (κ2) is 6.85. The normalized spacial score (nSPS) is 12.3. The number of carbonyl (C=O) groups is 1. The SMILES string of the molecule is COCCn1c(=NC(=O)c2c(C)cnn2C)sc2cc(F)cc(F)c21. The number of aryl methyl sites for hydroxylation is 2. The van der Waals surface area contributed by atoms with E-state index in [0.29, 0.717) is 22.6 Å². The molecule has 25 heavy (non-hydrogen) atoms. The number of ether oxygens (including phenoxy) is 1. The van der Waals surface area contributed by atoms with Crippen molar-refractivity contribution in [3.05, 3.63) is 46.0 Å². The van der Waals surface area contributed by atoms with Gasteiger partial charge in [0, 0.05) is 32.3 Å². The van der Waals surface area contributed by atoms with Crippen LogP contribution in [0.3, 0.4) is 0 Å². The summed E-state index contributed by atoms with van der Waals surface area (Å²) in [6, 6.07) is 2.04. The fourth-order valence-electron chi connectivity index (χ4n) is 2.60. The largest absolute Gasteiger partial charge is 0.383 e. The highest BCUT2D eigenvalue weighted by atomic mass is 32.1. The first-order chi connectivity index (χ1) is 11.9. The van der Waals surface area contributed by atoms with Gasteiger partial charge in [-0.15, -0.1) is 0 Å². The number of rotatable bonds is 4. The summed E-state index contributed by atoms with van der Waals surface area (Å²) in [5.41, 5.74) is 1.25. The van der Waals surface area contributed by atoms with Gasteiger partial charge in [0.25, 0.3) is 5.91 Å². The second-order valence-corrected chi connectivity index (χ2v) is 6.49. The average molecular weight is 366 g/mol. The van der Waals surface area contributed by atoms with Crippen molar-refractivity contribution in [2.75, 3.05) is 13.7 Å². The van der Waals surface area contributed by atoms with Crippen molar-refractivity contribution in [3.63, 3.8) is 0 Å². The van der Waals surface area contributed by atoms with Crippen LogP contribution in [-0.2, 0) is 18.3 Å². The van der Waals surface area contributed by atoms with Gasteiger partial charge >= 0.3 is 0 Å². The van der Waals surface area contributed by atoms with E-state index in [-0.39, 0.29) is 16.9 Å². The fourth-order valence-corrected chi connectivity index (χ4v) is 3.69. The van der Waals surface area contributed by atoms with E-state index in [1.807, 2.05) is 0 Å². The van der Waals surface area contributed by atoms with Crippen LogP contribution in [0.25, 0.3) is 10.2 Å².